The van der Waals surface area contributed by atoms with Crippen molar-refractivity contribution in [1.82, 2.24) is 10.3 Å². The smallest absolute Gasteiger partial charge is 0.213 e. The minimum absolute atomic E-state index is 0.116. The molecule has 118 valence electrons. The first-order chi connectivity index (χ1) is 12.0. The van der Waals surface area contributed by atoms with E-state index in [0.717, 1.165) is 37.7 Å². The van der Waals surface area contributed by atoms with Crippen molar-refractivity contribution in [3.8, 4) is 11.9 Å². The first-order valence-electron chi connectivity index (χ1n) is 8.56. The van der Waals surface area contributed by atoms with Crippen molar-refractivity contribution in [1.29, 1.82) is 5.26 Å². The van der Waals surface area contributed by atoms with Crippen LogP contribution in [0.2, 0.25) is 0 Å². The number of nitrogens with zero attached hydrogens (tertiary/aromatic N) is 2. The van der Waals surface area contributed by atoms with E-state index < -0.39 is 12.4 Å². The molecular weight excluding hydrogens is 293 g/mol. The van der Waals surface area contributed by atoms with Crippen molar-refractivity contribution in [2.75, 3.05) is 13.1 Å². The Hall–Kier alpha value is -2.45. The van der Waals surface area contributed by atoms with Gasteiger partial charge in [0.2, 0.25) is 5.88 Å². The Balaban J connectivity index is 1.82. The molecular formula is C18H18FN3O. The molecule has 3 rings (SSSR count). The second kappa shape index (κ2) is 7.21. The Kier molecular flexibility index (Phi) is 4.08. The highest BCUT2D eigenvalue weighted by Gasteiger charge is 2.16. The fourth-order valence-corrected chi connectivity index (χ4v) is 2.61. The molecule has 0 atom stereocenters. The Morgan fingerprint density at radius 3 is 2.91 bits per heavy atom. The molecule has 0 bridgehead atoms. The minimum Gasteiger partial charge on any atom is -0.473 e. The van der Waals surface area contributed by atoms with Crippen molar-refractivity contribution in [2.45, 2.75) is 25.3 Å². The number of ether oxygens (including phenoxy) is 1. The fourth-order valence-electron chi connectivity index (χ4n) is 2.61. The Morgan fingerprint density at radius 1 is 1.35 bits per heavy atom. The highest BCUT2D eigenvalue weighted by atomic mass is 19.1. The Morgan fingerprint density at radius 2 is 2.17 bits per heavy atom. The number of aromatic nitrogens is 1. The normalized spacial score (nSPS) is 17.0. The number of halogens is 1. The van der Waals surface area contributed by atoms with Gasteiger partial charge in [-0.15, -0.1) is 0 Å². The summed E-state index contributed by atoms with van der Waals surface area (Å²) >= 11 is 0. The van der Waals surface area contributed by atoms with E-state index >= 15 is 0 Å². The lowest BCUT2D eigenvalue weighted by Gasteiger charge is -2.22. The molecule has 2 aromatic rings. The van der Waals surface area contributed by atoms with Crippen molar-refractivity contribution in [2.24, 2.45) is 0 Å². The zero-order chi connectivity index (χ0) is 17.9. The zero-order valence-corrected chi connectivity index (χ0v) is 12.6. The van der Waals surface area contributed by atoms with Crippen LogP contribution in [0.1, 0.15) is 38.3 Å². The van der Waals surface area contributed by atoms with Gasteiger partial charge in [-0.25, -0.2) is 9.37 Å². The maximum atomic E-state index is 14.1. The summed E-state index contributed by atoms with van der Waals surface area (Å²) in [5.41, 5.74) is 0.721. The van der Waals surface area contributed by atoms with E-state index in [0.29, 0.717) is 5.92 Å². The SMILES string of the molecule is [2H]C([2H])(Oc1cccc(C2CCNCC2)n1)c1ccc(C#N)cc1F. The lowest BCUT2D eigenvalue weighted by molar-refractivity contribution is 0.286. The van der Waals surface area contributed by atoms with E-state index in [1.54, 1.807) is 12.1 Å². The summed E-state index contributed by atoms with van der Waals surface area (Å²) in [6, 6.07) is 10.6. The van der Waals surface area contributed by atoms with Gasteiger partial charge in [-0.05, 0) is 44.1 Å². The first kappa shape index (κ1) is 13.0. The maximum absolute atomic E-state index is 14.1. The van der Waals surface area contributed by atoms with Crippen molar-refractivity contribution >= 4 is 0 Å². The van der Waals surface area contributed by atoms with E-state index in [2.05, 4.69) is 10.3 Å². The topological polar surface area (TPSA) is 57.9 Å². The third-order valence-corrected chi connectivity index (χ3v) is 3.87. The number of nitrogens with one attached hydrogen (secondary N) is 1. The molecule has 0 saturated carbocycles. The molecule has 5 heteroatoms. The standard InChI is InChI=1S/C18H18FN3O/c19-16-10-13(11-20)4-5-15(16)12-23-18-3-1-2-17(22-18)14-6-8-21-9-7-14/h1-5,10,14,21H,6-9,12H2/i12D2. The van der Waals surface area contributed by atoms with Crippen LogP contribution in [0.3, 0.4) is 0 Å². The number of piperidine rings is 1. The molecule has 0 aliphatic carbocycles. The summed E-state index contributed by atoms with van der Waals surface area (Å²) < 4.78 is 35.6. The van der Waals surface area contributed by atoms with Gasteiger partial charge in [0, 0.05) is 23.2 Å². The van der Waals surface area contributed by atoms with Crippen molar-refractivity contribution in [3.05, 3.63) is 59.0 Å². The summed E-state index contributed by atoms with van der Waals surface area (Å²) in [6.45, 7) is -0.540. The predicted molar refractivity (Wildman–Crippen MR) is 84.5 cm³/mol. The summed E-state index contributed by atoms with van der Waals surface area (Å²) in [5.74, 6) is -0.398. The van der Waals surface area contributed by atoms with Gasteiger partial charge >= 0.3 is 0 Å². The van der Waals surface area contributed by atoms with Crippen LogP contribution >= 0.6 is 0 Å². The maximum Gasteiger partial charge on any atom is 0.213 e. The molecule has 1 aromatic carbocycles. The van der Waals surface area contributed by atoms with Crippen LogP contribution < -0.4 is 10.1 Å². The van der Waals surface area contributed by atoms with Crippen LogP contribution in [0, 0.1) is 17.1 Å². The molecule has 1 aromatic heterocycles. The van der Waals surface area contributed by atoms with E-state index in [-0.39, 0.29) is 17.0 Å². The molecule has 0 radical (unpaired) electrons. The van der Waals surface area contributed by atoms with Gasteiger partial charge in [0.05, 0.1) is 14.4 Å². The molecule has 0 spiro atoms. The Bertz CT molecular complexity index is 801. The van der Waals surface area contributed by atoms with E-state index in [4.69, 9.17) is 12.7 Å². The summed E-state index contributed by atoms with van der Waals surface area (Å²) in [4.78, 5) is 4.41. The number of pyridine rings is 1. The second-order valence-electron chi connectivity index (χ2n) is 5.44. The lowest BCUT2D eigenvalue weighted by atomic mass is 9.94. The Labute approximate surface area is 137 Å². The number of benzene rings is 1. The number of rotatable bonds is 4. The van der Waals surface area contributed by atoms with Crippen LogP contribution in [0.5, 0.6) is 5.88 Å². The van der Waals surface area contributed by atoms with E-state index in [1.165, 1.54) is 12.1 Å². The molecule has 0 unspecified atom stereocenters. The molecule has 1 fully saturated rings. The largest absolute Gasteiger partial charge is 0.473 e. The fraction of sp³-hybridized carbons (Fsp3) is 0.333. The van der Waals surface area contributed by atoms with Crippen LogP contribution in [-0.4, -0.2) is 18.1 Å². The molecule has 0 amide bonds. The third kappa shape index (κ3) is 3.85. The summed E-state index contributed by atoms with van der Waals surface area (Å²) in [6.07, 6.45) is 1.93. The first-order valence-corrected chi connectivity index (χ1v) is 7.56. The van der Waals surface area contributed by atoms with Crippen LogP contribution in [-0.2, 0) is 6.56 Å². The van der Waals surface area contributed by atoms with Gasteiger partial charge in [0.1, 0.15) is 12.4 Å². The zero-order valence-electron chi connectivity index (χ0n) is 14.6. The van der Waals surface area contributed by atoms with E-state index in [1.807, 2.05) is 12.1 Å². The average Bonchev–Trinajstić information content (AvgIpc) is 2.62. The number of hydrogen-bond acceptors (Lipinski definition) is 4. The molecule has 23 heavy (non-hydrogen) atoms. The summed E-state index contributed by atoms with van der Waals surface area (Å²) in [5, 5.41) is 12.1. The van der Waals surface area contributed by atoms with Gasteiger partial charge in [-0.1, -0.05) is 12.1 Å². The molecule has 4 nitrogen and oxygen atoms in total. The highest BCUT2D eigenvalue weighted by molar-refractivity contribution is 5.32. The van der Waals surface area contributed by atoms with Crippen LogP contribution in [0.25, 0.3) is 0 Å². The van der Waals surface area contributed by atoms with Gasteiger partial charge in [-0.3, -0.25) is 0 Å². The summed E-state index contributed by atoms with van der Waals surface area (Å²) in [7, 11) is 0. The molecule has 2 heterocycles. The molecule has 1 aliphatic rings. The predicted octanol–water partition coefficient (Wildman–Crippen LogP) is 3.14. The average molecular weight is 313 g/mol. The lowest BCUT2D eigenvalue weighted by Crippen LogP contribution is -2.27. The highest BCUT2D eigenvalue weighted by Crippen LogP contribution is 2.25. The van der Waals surface area contributed by atoms with Gasteiger partial charge in [-0.2, -0.15) is 5.26 Å². The van der Waals surface area contributed by atoms with Crippen LogP contribution in [0.15, 0.2) is 36.4 Å². The third-order valence-electron chi connectivity index (χ3n) is 3.87. The van der Waals surface area contributed by atoms with Gasteiger partial charge in [0.25, 0.3) is 0 Å². The molecule has 1 saturated heterocycles. The second-order valence-corrected chi connectivity index (χ2v) is 5.44. The van der Waals surface area contributed by atoms with E-state index in [9.17, 15) is 4.39 Å². The minimum atomic E-state index is -2.39. The molecule has 1 N–H and O–H groups in total. The van der Waals surface area contributed by atoms with Gasteiger partial charge < -0.3 is 10.1 Å². The van der Waals surface area contributed by atoms with Crippen molar-refractivity contribution < 1.29 is 11.9 Å². The quantitative estimate of drug-likeness (QED) is 0.942. The number of hydrogen-bond donors (Lipinski definition) is 1. The van der Waals surface area contributed by atoms with Crippen LogP contribution in [0.4, 0.5) is 4.39 Å². The molecule has 1 aliphatic heterocycles. The monoisotopic (exact) mass is 313 g/mol. The number of nitriles is 1. The van der Waals surface area contributed by atoms with Crippen molar-refractivity contribution in [3.63, 3.8) is 0 Å². The van der Waals surface area contributed by atoms with Gasteiger partial charge in [0.15, 0.2) is 0 Å².